The molecule has 0 aliphatic carbocycles. The van der Waals surface area contributed by atoms with Crippen molar-refractivity contribution >= 4 is 70.1 Å². The predicted octanol–water partition coefficient (Wildman–Crippen LogP) is 3.30. The lowest BCUT2D eigenvalue weighted by atomic mass is 10.1. The maximum atomic E-state index is 13.0. The third-order valence-corrected chi connectivity index (χ3v) is 4.95. The number of anilines is 1. The normalized spacial score (nSPS) is 15.1. The molecule has 1 saturated heterocycles. The van der Waals surface area contributed by atoms with E-state index in [2.05, 4.69) is 5.32 Å². The van der Waals surface area contributed by atoms with Crippen LogP contribution in [0.5, 0.6) is 11.5 Å². The highest BCUT2D eigenvalue weighted by atomic mass is 35.5. The van der Waals surface area contributed by atoms with Gasteiger partial charge in [-0.2, -0.15) is 0 Å². The number of amides is 2. The molecule has 0 saturated carbocycles. The molecule has 0 atom stereocenters. The van der Waals surface area contributed by atoms with E-state index in [0.29, 0.717) is 17.0 Å². The predicted molar refractivity (Wildman–Crippen MR) is 119 cm³/mol. The summed E-state index contributed by atoms with van der Waals surface area (Å²) in [5, 5.41) is 11.2. The van der Waals surface area contributed by atoms with Crippen molar-refractivity contribution in [1.82, 2.24) is 5.32 Å². The van der Waals surface area contributed by atoms with Crippen LogP contribution in [0.3, 0.4) is 0 Å². The van der Waals surface area contributed by atoms with Gasteiger partial charge in [-0.05, 0) is 60.3 Å². The van der Waals surface area contributed by atoms with Crippen molar-refractivity contribution < 1.29 is 29.0 Å². The van der Waals surface area contributed by atoms with E-state index in [0.717, 1.165) is 0 Å². The van der Waals surface area contributed by atoms with Crippen molar-refractivity contribution in [3.8, 4) is 11.5 Å². The van der Waals surface area contributed by atoms with Crippen LogP contribution in [-0.2, 0) is 14.4 Å². The zero-order valence-electron chi connectivity index (χ0n) is 15.8. The lowest BCUT2D eigenvalue weighted by molar-refractivity contribution is -0.139. The molecule has 2 amide bonds. The monoisotopic (exact) mass is 480 g/mol. The van der Waals surface area contributed by atoms with Crippen LogP contribution < -0.4 is 19.7 Å². The van der Waals surface area contributed by atoms with Crippen molar-refractivity contribution in [3.05, 3.63) is 57.6 Å². The lowest BCUT2D eigenvalue weighted by Gasteiger charge is -2.29. The summed E-state index contributed by atoms with van der Waals surface area (Å²) in [7, 11) is 1.51. The molecule has 1 fully saturated rings. The Bertz CT molecular complexity index is 1090. The third kappa shape index (κ3) is 4.96. The standard InChI is InChI=1S/C20H14Cl2N2O6S/c1-29-12-4-2-11(3-5-12)24-19(28)13(18(27)23-20(24)31)6-10-7-14(21)17(15(22)8-10)30-9-16(25)26/h2-8H,9H2,1H3,(H,25,26)(H,23,27,31)/b13-6-. The number of carboxylic acid groups (broad SMARTS) is 1. The molecule has 31 heavy (non-hydrogen) atoms. The second-order valence-electron chi connectivity index (χ2n) is 6.15. The number of carbonyl (C=O) groups excluding carboxylic acids is 2. The number of thiocarbonyl (C=S) groups is 1. The number of benzene rings is 2. The van der Waals surface area contributed by atoms with Gasteiger partial charge in [0.25, 0.3) is 11.8 Å². The van der Waals surface area contributed by atoms with Crippen LogP contribution in [0.4, 0.5) is 5.69 Å². The zero-order valence-corrected chi connectivity index (χ0v) is 18.2. The van der Waals surface area contributed by atoms with E-state index in [1.807, 2.05) is 0 Å². The fraction of sp³-hybridized carbons (Fsp3) is 0.100. The van der Waals surface area contributed by atoms with E-state index in [4.69, 9.17) is 50.0 Å². The second kappa shape index (κ2) is 9.34. The van der Waals surface area contributed by atoms with Crippen LogP contribution in [0, 0.1) is 0 Å². The molecule has 1 heterocycles. The first-order chi connectivity index (χ1) is 14.7. The van der Waals surface area contributed by atoms with E-state index in [1.165, 1.54) is 30.2 Å². The highest BCUT2D eigenvalue weighted by Crippen LogP contribution is 2.35. The molecule has 160 valence electrons. The first-order valence-corrected chi connectivity index (χ1v) is 9.77. The number of carbonyl (C=O) groups is 3. The SMILES string of the molecule is COc1ccc(N2C(=O)/C(=C\c3cc(Cl)c(OCC(=O)O)c(Cl)c3)C(=O)NC2=S)cc1. The van der Waals surface area contributed by atoms with E-state index >= 15 is 0 Å². The first kappa shape index (κ1) is 22.5. The molecule has 2 aromatic carbocycles. The summed E-state index contributed by atoms with van der Waals surface area (Å²) in [4.78, 5) is 37.3. The number of nitrogens with zero attached hydrogens (tertiary/aromatic N) is 1. The summed E-state index contributed by atoms with van der Waals surface area (Å²) in [5.41, 5.74) is 0.574. The fourth-order valence-electron chi connectivity index (χ4n) is 2.72. The molecule has 0 spiro atoms. The van der Waals surface area contributed by atoms with Crippen LogP contribution >= 0.6 is 35.4 Å². The van der Waals surface area contributed by atoms with Gasteiger partial charge in [-0.3, -0.25) is 19.8 Å². The Morgan fingerprint density at radius 1 is 1.19 bits per heavy atom. The molecule has 0 radical (unpaired) electrons. The minimum atomic E-state index is -1.20. The third-order valence-electron chi connectivity index (χ3n) is 4.10. The van der Waals surface area contributed by atoms with Gasteiger partial charge in [0.2, 0.25) is 0 Å². The molecule has 0 unspecified atom stereocenters. The van der Waals surface area contributed by atoms with Crippen molar-refractivity contribution in [2.45, 2.75) is 0 Å². The summed E-state index contributed by atoms with van der Waals surface area (Å²) in [6, 6.07) is 9.34. The number of methoxy groups -OCH3 is 1. The zero-order chi connectivity index (χ0) is 22.7. The van der Waals surface area contributed by atoms with E-state index in [-0.39, 0.29) is 26.5 Å². The fourth-order valence-corrected chi connectivity index (χ4v) is 3.62. The lowest BCUT2D eigenvalue weighted by Crippen LogP contribution is -2.54. The summed E-state index contributed by atoms with van der Waals surface area (Å²) >= 11 is 17.4. The Kier molecular flexibility index (Phi) is 6.79. The Hall–Kier alpha value is -3.14. The quantitative estimate of drug-likeness (QED) is 0.371. The Morgan fingerprint density at radius 3 is 2.35 bits per heavy atom. The Balaban J connectivity index is 1.95. The van der Waals surface area contributed by atoms with Crippen molar-refractivity contribution in [1.29, 1.82) is 0 Å². The summed E-state index contributed by atoms with van der Waals surface area (Å²) in [5.74, 6) is -1.95. The largest absolute Gasteiger partial charge is 0.497 e. The van der Waals surface area contributed by atoms with E-state index < -0.39 is 24.4 Å². The highest BCUT2D eigenvalue weighted by Gasteiger charge is 2.34. The van der Waals surface area contributed by atoms with Gasteiger partial charge in [0.1, 0.15) is 11.3 Å². The molecular weight excluding hydrogens is 467 g/mol. The molecule has 11 heteroatoms. The summed E-state index contributed by atoms with van der Waals surface area (Å²) < 4.78 is 10.2. The second-order valence-corrected chi connectivity index (χ2v) is 7.35. The van der Waals surface area contributed by atoms with Crippen LogP contribution in [0.2, 0.25) is 10.0 Å². The smallest absolute Gasteiger partial charge is 0.341 e. The number of carboxylic acids is 1. The van der Waals surface area contributed by atoms with Gasteiger partial charge in [-0.15, -0.1) is 0 Å². The first-order valence-electron chi connectivity index (χ1n) is 8.60. The number of hydrogen-bond donors (Lipinski definition) is 2. The van der Waals surface area contributed by atoms with Gasteiger partial charge in [0.05, 0.1) is 22.8 Å². The number of ether oxygens (including phenoxy) is 2. The van der Waals surface area contributed by atoms with Crippen LogP contribution in [0.15, 0.2) is 42.0 Å². The van der Waals surface area contributed by atoms with Crippen LogP contribution in [-0.4, -0.2) is 41.7 Å². The van der Waals surface area contributed by atoms with Crippen LogP contribution in [0.1, 0.15) is 5.56 Å². The highest BCUT2D eigenvalue weighted by molar-refractivity contribution is 7.80. The maximum absolute atomic E-state index is 13.0. The average Bonchev–Trinajstić information content (AvgIpc) is 2.70. The molecular formula is C20H14Cl2N2O6S. The van der Waals surface area contributed by atoms with Crippen LogP contribution in [0.25, 0.3) is 6.08 Å². The molecule has 0 bridgehead atoms. The summed E-state index contributed by atoms with van der Waals surface area (Å²) in [6.07, 6.45) is 1.30. The van der Waals surface area contributed by atoms with Gasteiger partial charge >= 0.3 is 5.97 Å². The minimum absolute atomic E-state index is 0.0201. The van der Waals surface area contributed by atoms with E-state index in [9.17, 15) is 14.4 Å². The molecule has 8 nitrogen and oxygen atoms in total. The summed E-state index contributed by atoms with van der Waals surface area (Å²) in [6.45, 7) is -0.630. The van der Waals surface area contributed by atoms with Gasteiger partial charge in [0.15, 0.2) is 17.5 Å². The molecule has 0 aromatic heterocycles. The number of halogens is 2. The molecule has 1 aliphatic heterocycles. The number of rotatable bonds is 6. The maximum Gasteiger partial charge on any atom is 0.341 e. The van der Waals surface area contributed by atoms with E-state index in [1.54, 1.807) is 24.3 Å². The molecule has 1 aliphatic rings. The minimum Gasteiger partial charge on any atom is -0.497 e. The number of hydrogen-bond acceptors (Lipinski definition) is 6. The van der Waals surface area contributed by atoms with Gasteiger partial charge in [-0.1, -0.05) is 23.2 Å². The van der Waals surface area contributed by atoms with Gasteiger partial charge in [0, 0.05) is 0 Å². The van der Waals surface area contributed by atoms with Gasteiger partial charge < -0.3 is 14.6 Å². The van der Waals surface area contributed by atoms with Crippen molar-refractivity contribution in [2.75, 3.05) is 18.6 Å². The van der Waals surface area contributed by atoms with Gasteiger partial charge in [-0.25, -0.2) is 4.79 Å². The van der Waals surface area contributed by atoms with Crippen molar-refractivity contribution in [2.24, 2.45) is 0 Å². The molecule has 2 N–H and O–H groups in total. The van der Waals surface area contributed by atoms with Crippen molar-refractivity contribution in [3.63, 3.8) is 0 Å². The number of aliphatic carboxylic acids is 1. The average molecular weight is 481 g/mol. The Labute approximate surface area is 191 Å². The topological polar surface area (TPSA) is 105 Å². The number of nitrogens with one attached hydrogen (secondary N) is 1. The molecule has 3 rings (SSSR count). The molecule has 2 aromatic rings. The Morgan fingerprint density at radius 2 is 1.81 bits per heavy atom.